The van der Waals surface area contributed by atoms with E-state index >= 15 is 0 Å². The van der Waals surface area contributed by atoms with Gasteiger partial charge in [0.2, 0.25) is 0 Å². The van der Waals surface area contributed by atoms with E-state index in [1.807, 2.05) is 26.0 Å². The number of aldehydes is 1. The van der Waals surface area contributed by atoms with Crippen LogP contribution in [0.3, 0.4) is 0 Å². The predicted octanol–water partition coefficient (Wildman–Crippen LogP) is 3.28. The van der Waals surface area contributed by atoms with Gasteiger partial charge in [0, 0.05) is 24.6 Å². The number of pyridine rings is 1. The van der Waals surface area contributed by atoms with Gasteiger partial charge in [0.05, 0.1) is 4.88 Å². The third-order valence-corrected chi connectivity index (χ3v) is 3.75. The van der Waals surface area contributed by atoms with Crippen LogP contribution < -0.4 is 5.56 Å². The highest BCUT2D eigenvalue weighted by Gasteiger charge is 2.08. The van der Waals surface area contributed by atoms with Gasteiger partial charge >= 0.3 is 0 Å². The molecule has 2 rings (SSSR count). The first-order valence-electron chi connectivity index (χ1n) is 5.44. The molecule has 0 bridgehead atoms. The second kappa shape index (κ2) is 4.67. The number of carbonyl (C=O) groups is 1. The topological polar surface area (TPSA) is 49.9 Å². The summed E-state index contributed by atoms with van der Waals surface area (Å²) in [5.74, 6) is 0. The maximum atomic E-state index is 11.6. The summed E-state index contributed by atoms with van der Waals surface area (Å²) < 4.78 is 0. The van der Waals surface area contributed by atoms with Crippen molar-refractivity contribution in [2.45, 2.75) is 20.3 Å². The fraction of sp³-hybridized carbons (Fsp3) is 0.231. The molecule has 2 aromatic heterocycles. The van der Waals surface area contributed by atoms with Gasteiger partial charge in [-0.15, -0.1) is 11.3 Å². The number of aromatic amines is 1. The number of rotatable bonds is 3. The summed E-state index contributed by atoms with van der Waals surface area (Å²) in [7, 11) is 0. The molecule has 0 amide bonds. The number of thiophene rings is 1. The molecule has 2 aromatic rings. The maximum absolute atomic E-state index is 11.6. The molecule has 0 unspecified atom stereocenters. The second-order valence-electron chi connectivity index (χ2n) is 3.84. The van der Waals surface area contributed by atoms with Gasteiger partial charge in [-0.2, -0.15) is 0 Å². The van der Waals surface area contributed by atoms with Gasteiger partial charge in [-0.05, 0) is 31.5 Å². The molecule has 0 saturated carbocycles. The minimum Gasteiger partial charge on any atom is -0.326 e. The van der Waals surface area contributed by atoms with E-state index in [1.54, 1.807) is 6.07 Å². The van der Waals surface area contributed by atoms with Crippen molar-refractivity contribution in [2.24, 2.45) is 0 Å². The smallest absolute Gasteiger partial charge is 0.251 e. The fourth-order valence-electron chi connectivity index (χ4n) is 1.75. The minimum atomic E-state index is -0.0269. The van der Waals surface area contributed by atoms with Crippen LogP contribution in [0.5, 0.6) is 0 Å². The highest BCUT2D eigenvalue weighted by atomic mass is 32.1. The number of nitrogens with one attached hydrogen (secondary N) is 1. The van der Waals surface area contributed by atoms with Crippen molar-refractivity contribution < 1.29 is 7.65 Å². The molecule has 2 heterocycles. The zero-order valence-corrected chi connectivity index (χ0v) is 10.6. The Bertz CT molecular complexity index is 619. The van der Waals surface area contributed by atoms with Crippen molar-refractivity contribution in [3.05, 3.63) is 44.7 Å². The van der Waals surface area contributed by atoms with Crippen LogP contribution in [0.15, 0.2) is 23.0 Å². The first-order chi connectivity index (χ1) is 8.15. The standard InChI is InChI=1S/C13H13NO2S.2H2/c1-3-9-6-11(8(2)14-13(9)16)12-5-4-10(7-15)17-12;;/h4-7H,3H2,1-2H3,(H,14,16);2*1H. The number of hydrogen-bond acceptors (Lipinski definition) is 3. The van der Waals surface area contributed by atoms with Crippen molar-refractivity contribution in [1.29, 1.82) is 0 Å². The van der Waals surface area contributed by atoms with Gasteiger partial charge in [0.15, 0.2) is 6.29 Å². The van der Waals surface area contributed by atoms with Crippen LogP contribution in [-0.4, -0.2) is 11.3 Å². The number of hydrogen-bond donors (Lipinski definition) is 1. The summed E-state index contributed by atoms with van der Waals surface area (Å²) in [6, 6.07) is 5.62. The Labute approximate surface area is 106 Å². The third-order valence-electron chi connectivity index (χ3n) is 2.70. The molecule has 0 aromatic carbocycles. The van der Waals surface area contributed by atoms with Gasteiger partial charge in [-0.3, -0.25) is 9.59 Å². The number of carbonyl (C=O) groups excluding carboxylic acids is 1. The van der Waals surface area contributed by atoms with Crippen LogP contribution in [-0.2, 0) is 6.42 Å². The number of aryl methyl sites for hydroxylation is 2. The Morgan fingerprint density at radius 3 is 2.82 bits per heavy atom. The number of aromatic nitrogens is 1. The van der Waals surface area contributed by atoms with Gasteiger partial charge in [0.1, 0.15) is 0 Å². The predicted molar refractivity (Wildman–Crippen MR) is 74.1 cm³/mol. The molecule has 92 valence electrons. The molecule has 0 radical (unpaired) electrons. The Morgan fingerprint density at radius 1 is 1.47 bits per heavy atom. The van der Waals surface area contributed by atoms with E-state index in [9.17, 15) is 9.59 Å². The molecule has 0 fully saturated rings. The van der Waals surface area contributed by atoms with Crippen molar-refractivity contribution >= 4 is 17.6 Å². The molecule has 0 aliphatic carbocycles. The third kappa shape index (κ3) is 2.22. The summed E-state index contributed by atoms with van der Waals surface area (Å²) in [6.45, 7) is 3.82. The van der Waals surface area contributed by atoms with Crippen LogP contribution in [0.1, 0.15) is 30.7 Å². The average Bonchev–Trinajstić information content (AvgIpc) is 2.78. The number of H-pyrrole nitrogens is 1. The molecule has 3 nitrogen and oxygen atoms in total. The molecule has 0 saturated heterocycles. The quantitative estimate of drug-likeness (QED) is 0.851. The van der Waals surface area contributed by atoms with E-state index < -0.39 is 0 Å². The Kier molecular flexibility index (Phi) is 3.24. The highest BCUT2D eigenvalue weighted by Crippen LogP contribution is 2.29. The molecule has 0 aliphatic rings. The summed E-state index contributed by atoms with van der Waals surface area (Å²) in [5, 5.41) is 0. The zero-order chi connectivity index (χ0) is 12.4. The van der Waals surface area contributed by atoms with E-state index in [1.165, 1.54) is 11.3 Å². The molecule has 17 heavy (non-hydrogen) atoms. The molecule has 0 spiro atoms. The molecular formula is C13H17NO2S. The summed E-state index contributed by atoms with van der Waals surface area (Å²) in [4.78, 5) is 26.8. The molecule has 0 aliphatic heterocycles. The lowest BCUT2D eigenvalue weighted by Crippen LogP contribution is -2.13. The Morgan fingerprint density at radius 2 is 2.24 bits per heavy atom. The van der Waals surface area contributed by atoms with Gasteiger partial charge < -0.3 is 4.98 Å². The highest BCUT2D eigenvalue weighted by molar-refractivity contribution is 7.17. The van der Waals surface area contributed by atoms with Crippen LogP contribution in [0.2, 0.25) is 0 Å². The van der Waals surface area contributed by atoms with Crippen molar-refractivity contribution in [3.63, 3.8) is 0 Å². The van der Waals surface area contributed by atoms with E-state index in [4.69, 9.17) is 0 Å². The summed E-state index contributed by atoms with van der Waals surface area (Å²) in [6.07, 6.45) is 1.55. The average molecular weight is 251 g/mol. The molecule has 1 N–H and O–H groups in total. The van der Waals surface area contributed by atoms with E-state index in [0.717, 1.165) is 28.0 Å². The lowest BCUT2D eigenvalue weighted by Gasteiger charge is -2.05. The monoisotopic (exact) mass is 251 g/mol. The maximum Gasteiger partial charge on any atom is 0.251 e. The first-order valence-corrected chi connectivity index (χ1v) is 6.25. The largest absolute Gasteiger partial charge is 0.326 e. The lowest BCUT2D eigenvalue weighted by molar-refractivity contribution is 0.112. The minimum absolute atomic E-state index is 0. The van der Waals surface area contributed by atoms with Crippen molar-refractivity contribution in [1.82, 2.24) is 4.98 Å². The second-order valence-corrected chi connectivity index (χ2v) is 4.95. The Hall–Kier alpha value is -1.68. The van der Waals surface area contributed by atoms with Crippen LogP contribution in [0.4, 0.5) is 0 Å². The van der Waals surface area contributed by atoms with Crippen molar-refractivity contribution in [2.75, 3.05) is 0 Å². The molecule has 4 heteroatoms. The molecule has 0 atom stereocenters. The van der Waals surface area contributed by atoms with E-state index in [0.29, 0.717) is 11.3 Å². The fourth-order valence-corrected chi connectivity index (χ4v) is 2.64. The van der Waals surface area contributed by atoms with Gasteiger partial charge in [-0.25, -0.2) is 0 Å². The van der Waals surface area contributed by atoms with Crippen LogP contribution >= 0.6 is 11.3 Å². The zero-order valence-electron chi connectivity index (χ0n) is 9.74. The molecular weight excluding hydrogens is 234 g/mol. The SMILES string of the molecule is CCc1cc(-c2ccc(C=O)s2)c(C)[nH]c1=O.[HH].[HH]. The summed E-state index contributed by atoms with van der Waals surface area (Å²) in [5.41, 5.74) is 2.58. The van der Waals surface area contributed by atoms with Crippen molar-refractivity contribution in [3.8, 4) is 10.4 Å². The lowest BCUT2D eigenvalue weighted by atomic mass is 10.1. The van der Waals surface area contributed by atoms with Gasteiger partial charge in [-0.1, -0.05) is 6.92 Å². The van der Waals surface area contributed by atoms with E-state index in [-0.39, 0.29) is 8.41 Å². The Balaban J connectivity index is 0.00000162. The van der Waals surface area contributed by atoms with Gasteiger partial charge in [0.25, 0.3) is 5.56 Å². The summed E-state index contributed by atoms with van der Waals surface area (Å²) >= 11 is 1.44. The van der Waals surface area contributed by atoms with E-state index in [2.05, 4.69) is 4.98 Å². The van der Waals surface area contributed by atoms with Crippen LogP contribution in [0, 0.1) is 6.92 Å². The van der Waals surface area contributed by atoms with Crippen LogP contribution in [0.25, 0.3) is 10.4 Å². The first kappa shape index (κ1) is 11.8. The normalized spacial score (nSPS) is 10.5.